The summed E-state index contributed by atoms with van der Waals surface area (Å²) in [7, 11) is 0. The quantitative estimate of drug-likeness (QED) is 0.502. The molecule has 2 N–H and O–H groups in total. The van der Waals surface area contributed by atoms with Gasteiger partial charge >= 0.3 is 5.97 Å². The van der Waals surface area contributed by atoms with E-state index in [4.69, 9.17) is 9.47 Å². The molecule has 0 bridgehead atoms. The second kappa shape index (κ2) is 10.1. The van der Waals surface area contributed by atoms with Gasteiger partial charge in [-0.15, -0.1) is 0 Å². The highest BCUT2D eigenvalue weighted by molar-refractivity contribution is 5.89. The number of nitrogens with one attached hydrogen (secondary N) is 1. The van der Waals surface area contributed by atoms with Crippen molar-refractivity contribution < 1.29 is 24.2 Å². The number of carbonyl (C=O) groups is 2. The second-order valence-corrected chi connectivity index (χ2v) is 6.17. The molecule has 1 amide bonds. The van der Waals surface area contributed by atoms with Crippen molar-refractivity contribution in [1.82, 2.24) is 5.32 Å². The summed E-state index contributed by atoms with van der Waals surface area (Å²) >= 11 is 0. The molecule has 0 saturated heterocycles. The molecule has 134 valence electrons. The molecular weight excluding hydrogens is 310 g/mol. The Labute approximate surface area is 143 Å². The van der Waals surface area contributed by atoms with Crippen molar-refractivity contribution in [3.8, 4) is 0 Å². The molecule has 1 unspecified atom stereocenters. The molecule has 0 heterocycles. The smallest absolute Gasteiger partial charge is 0.338 e. The van der Waals surface area contributed by atoms with Crippen LogP contribution in [0, 0.1) is 5.41 Å². The number of aliphatic hydroxyl groups is 1. The molecule has 24 heavy (non-hydrogen) atoms. The minimum absolute atomic E-state index is 0.0612. The first-order valence-corrected chi connectivity index (χ1v) is 8.14. The van der Waals surface area contributed by atoms with Gasteiger partial charge in [-0.25, -0.2) is 4.79 Å². The second-order valence-electron chi connectivity index (χ2n) is 6.17. The van der Waals surface area contributed by atoms with Crippen molar-refractivity contribution in [3.63, 3.8) is 0 Å². The number of amides is 1. The lowest BCUT2D eigenvalue weighted by molar-refractivity contribution is -0.137. The van der Waals surface area contributed by atoms with Crippen LogP contribution in [0.5, 0.6) is 0 Å². The zero-order valence-electron chi connectivity index (χ0n) is 14.6. The van der Waals surface area contributed by atoms with Gasteiger partial charge in [0.15, 0.2) is 0 Å². The van der Waals surface area contributed by atoms with Crippen LogP contribution in [-0.4, -0.2) is 49.5 Å². The Morgan fingerprint density at radius 3 is 2.54 bits per heavy atom. The van der Waals surface area contributed by atoms with E-state index in [9.17, 15) is 14.7 Å². The lowest BCUT2D eigenvalue weighted by Crippen LogP contribution is -2.46. The molecule has 0 aliphatic carbocycles. The standard InChI is InChI=1S/C18H27NO5/c1-4-23-12-8-11-19-16(21)15(20)18(2,3)13-24-17(22)14-9-6-5-7-10-14/h5-7,9-10,15,20H,4,8,11-13H2,1-3H3,(H,19,21). The molecular formula is C18H27NO5. The number of esters is 1. The fourth-order valence-electron chi connectivity index (χ4n) is 1.97. The maximum atomic E-state index is 12.0. The van der Waals surface area contributed by atoms with Crippen molar-refractivity contribution >= 4 is 11.9 Å². The summed E-state index contributed by atoms with van der Waals surface area (Å²) in [6.07, 6.45) is -0.594. The largest absolute Gasteiger partial charge is 0.461 e. The van der Waals surface area contributed by atoms with Crippen molar-refractivity contribution in [2.75, 3.05) is 26.4 Å². The molecule has 1 atom stereocenters. The van der Waals surface area contributed by atoms with Gasteiger partial charge in [-0.2, -0.15) is 0 Å². The summed E-state index contributed by atoms with van der Waals surface area (Å²) in [5.41, 5.74) is -0.461. The van der Waals surface area contributed by atoms with E-state index in [1.54, 1.807) is 44.2 Å². The molecule has 0 saturated carbocycles. The Bertz CT molecular complexity index is 515. The maximum absolute atomic E-state index is 12.0. The van der Waals surface area contributed by atoms with E-state index in [2.05, 4.69) is 5.32 Å². The monoisotopic (exact) mass is 337 g/mol. The molecule has 0 aliphatic heterocycles. The van der Waals surface area contributed by atoms with Gasteiger partial charge in [-0.1, -0.05) is 32.0 Å². The van der Waals surface area contributed by atoms with E-state index in [1.807, 2.05) is 6.92 Å². The first-order chi connectivity index (χ1) is 11.4. The van der Waals surface area contributed by atoms with Crippen molar-refractivity contribution in [1.29, 1.82) is 0 Å². The summed E-state index contributed by atoms with van der Waals surface area (Å²) in [4.78, 5) is 23.9. The lowest BCUT2D eigenvalue weighted by atomic mass is 9.87. The van der Waals surface area contributed by atoms with E-state index in [0.717, 1.165) is 0 Å². The summed E-state index contributed by atoms with van der Waals surface area (Å²) in [5, 5.41) is 12.9. The fourth-order valence-corrected chi connectivity index (χ4v) is 1.97. The maximum Gasteiger partial charge on any atom is 0.338 e. The van der Waals surface area contributed by atoms with E-state index in [-0.39, 0.29) is 6.61 Å². The third-order valence-electron chi connectivity index (χ3n) is 3.54. The number of aliphatic hydroxyl groups excluding tert-OH is 1. The van der Waals surface area contributed by atoms with Gasteiger partial charge in [0, 0.05) is 25.2 Å². The first kappa shape index (κ1) is 20.1. The highest BCUT2D eigenvalue weighted by atomic mass is 16.5. The van der Waals surface area contributed by atoms with Crippen LogP contribution in [0.25, 0.3) is 0 Å². The zero-order valence-corrected chi connectivity index (χ0v) is 14.6. The predicted octanol–water partition coefficient (Wildman–Crippen LogP) is 1.77. The van der Waals surface area contributed by atoms with Crippen LogP contribution in [0.4, 0.5) is 0 Å². The van der Waals surface area contributed by atoms with Crippen LogP contribution in [0.15, 0.2) is 30.3 Å². The summed E-state index contributed by atoms with van der Waals surface area (Å²) in [6.45, 7) is 6.82. The highest BCUT2D eigenvalue weighted by Crippen LogP contribution is 2.22. The van der Waals surface area contributed by atoms with Crippen LogP contribution in [0.1, 0.15) is 37.6 Å². The molecule has 1 rings (SSSR count). The van der Waals surface area contributed by atoms with Gasteiger partial charge in [-0.3, -0.25) is 4.79 Å². The van der Waals surface area contributed by atoms with Gasteiger partial charge in [0.1, 0.15) is 6.10 Å². The number of benzene rings is 1. The van der Waals surface area contributed by atoms with Crippen LogP contribution < -0.4 is 5.32 Å². The van der Waals surface area contributed by atoms with Crippen molar-refractivity contribution in [3.05, 3.63) is 35.9 Å². The molecule has 6 heteroatoms. The molecule has 1 aromatic carbocycles. The number of hydrogen-bond acceptors (Lipinski definition) is 5. The van der Waals surface area contributed by atoms with Crippen LogP contribution >= 0.6 is 0 Å². The minimum Gasteiger partial charge on any atom is -0.461 e. The first-order valence-electron chi connectivity index (χ1n) is 8.14. The third kappa shape index (κ3) is 6.68. The average Bonchev–Trinajstić information content (AvgIpc) is 2.59. The number of ether oxygens (including phenoxy) is 2. The summed E-state index contributed by atoms with van der Waals surface area (Å²) in [5.74, 6) is -0.958. The number of rotatable bonds is 10. The zero-order chi connectivity index (χ0) is 18.0. The molecule has 0 aliphatic rings. The van der Waals surface area contributed by atoms with Gasteiger partial charge in [0.2, 0.25) is 5.91 Å². The molecule has 0 spiro atoms. The van der Waals surface area contributed by atoms with Crippen molar-refractivity contribution in [2.45, 2.75) is 33.3 Å². The molecule has 0 fully saturated rings. The van der Waals surface area contributed by atoms with Gasteiger partial charge in [0.25, 0.3) is 0 Å². The molecule has 1 aromatic rings. The van der Waals surface area contributed by atoms with Gasteiger partial charge < -0.3 is 19.9 Å². The Morgan fingerprint density at radius 2 is 1.92 bits per heavy atom. The average molecular weight is 337 g/mol. The van der Waals surface area contributed by atoms with Crippen molar-refractivity contribution in [2.24, 2.45) is 5.41 Å². The minimum atomic E-state index is -1.27. The van der Waals surface area contributed by atoms with E-state index in [1.165, 1.54) is 0 Å². The Balaban J connectivity index is 2.42. The van der Waals surface area contributed by atoms with Crippen LogP contribution in [0.2, 0.25) is 0 Å². The predicted molar refractivity (Wildman–Crippen MR) is 90.6 cm³/mol. The highest BCUT2D eigenvalue weighted by Gasteiger charge is 2.34. The van der Waals surface area contributed by atoms with Gasteiger partial charge in [0.05, 0.1) is 12.2 Å². The number of carbonyl (C=O) groups excluding carboxylic acids is 2. The summed E-state index contributed by atoms with van der Waals surface area (Å²) < 4.78 is 10.4. The van der Waals surface area contributed by atoms with E-state index >= 15 is 0 Å². The normalized spacial score (nSPS) is 12.5. The molecule has 0 aromatic heterocycles. The van der Waals surface area contributed by atoms with Gasteiger partial charge in [-0.05, 0) is 25.5 Å². The fraction of sp³-hybridized carbons (Fsp3) is 0.556. The van der Waals surface area contributed by atoms with E-state index < -0.39 is 23.4 Å². The van der Waals surface area contributed by atoms with Crippen LogP contribution in [0.3, 0.4) is 0 Å². The molecule has 0 radical (unpaired) electrons. The topological polar surface area (TPSA) is 84.9 Å². The lowest BCUT2D eigenvalue weighted by Gasteiger charge is -2.29. The Kier molecular flexibility index (Phi) is 8.43. The van der Waals surface area contributed by atoms with E-state index in [0.29, 0.717) is 31.7 Å². The summed E-state index contributed by atoms with van der Waals surface area (Å²) in [6, 6.07) is 8.59. The van der Waals surface area contributed by atoms with Crippen LogP contribution in [-0.2, 0) is 14.3 Å². The molecule has 6 nitrogen and oxygen atoms in total. The SMILES string of the molecule is CCOCCCNC(=O)C(O)C(C)(C)COC(=O)c1ccccc1. The Hall–Kier alpha value is -1.92. The Morgan fingerprint density at radius 1 is 1.25 bits per heavy atom. The number of hydrogen-bond donors (Lipinski definition) is 2. The third-order valence-corrected chi connectivity index (χ3v) is 3.54.